The van der Waals surface area contributed by atoms with E-state index in [4.69, 9.17) is 9.15 Å². The van der Waals surface area contributed by atoms with Crippen LogP contribution in [0, 0.1) is 25.2 Å². The van der Waals surface area contributed by atoms with Crippen molar-refractivity contribution in [3.8, 4) is 6.07 Å². The summed E-state index contributed by atoms with van der Waals surface area (Å²) in [6, 6.07) is 13.1. The summed E-state index contributed by atoms with van der Waals surface area (Å²) >= 11 is 0. The van der Waals surface area contributed by atoms with Crippen molar-refractivity contribution in [3.63, 3.8) is 0 Å². The zero-order valence-corrected chi connectivity index (χ0v) is 17.4. The Labute approximate surface area is 178 Å². The summed E-state index contributed by atoms with van der Waals surface area (Å²) in [6.07, 6.45) is 0.519. The van der Waals surface area contributed by atoms with E-state index in [9.17, 15) is 15.2 Å². The predicted molar refractivity (Wildman–Crippen MR) is 116 cm³/mol. The number of fused-ring (bicyclic) bond motifs is 2. The molecule has 1 atom stereocenters. The van der Waals surface area contributed by atoms with Crippen molar-refractivity contribution >= 4 is 33.5 Å². The second-order valence-corrected chi connectivity index (χ2v) is 7.43. The summed E-state index contributed by atoms with van der Waals surface area (Å²) in [7, 11) is 0. The zero-order chi connectivity index (χ0) is 22.1. The third-order valence-electron chi connectivity index (χ3n) is 5.36. The van der Waals surface area contributed by atoms with E-state index in [1.54, 1.807) is 12.3 Å². The number of hydrogen-bond acceptors (Lipinski definition) is 6. The minimum absolute atomic E-state index is 0.0142. The highest BCUT2D eigenvalue weighted by Crippen LogP contribution is 2.27. The van der Waals surface area contributed by atoms with Crippen molar-refractivity contribution in [2.45, 2.75) is 33.3 Å². The quantitative estimate of drug-likeness (QED) is 0.273. The Hall–Kier alpha value is -4.05. The van der Waals surface area contributed by atoms with Crippen LogP contribution >= 0.6 is 0 Å². The fourth-order valence-electron chi connectivity index (χ4n) is 3.48. The van der Waals surface area contributed by atoms with Gasteiger partial charge in [0.05, 0.1) is 23.7 Å². The number of nitrogens with zero attached hydrogens (tertiary/aromatic N) is 2. The molecule has 7 nitrogen and oxygen atoms in total. The largest absolute Gasteiger partial charge is 0.507 e. The van der Waals surface area contributed by atoms with E-state index in [0.29, 0.717) is 11.1 Å². The smallest absolute Gasteiger partial charge is 0.311 e. The summed E-state index contributed by atoms with van der Waals surface area (Å²) in [5.41, 5.74) is 4.91. The van der Waals surface area contributed by atoms with E-state index in [2.05, 4.69) is 9.97 Å². The molecule has 0 saturated carbocycles. The highest BCUT2D eigenvalue weighted by atomic mass is 16.6. The van der Waals surface area contributed by atoms with Gasteiger partial charge >= 0.3 is 5.97 Å². The van der Waals surface area contributed by atoms with Crippen LogP contribution in [0.5, 0.6) is 0 Å². The number of carbonyl (C=O) groups is 1. The third-order valence-corrected chi connectivity index (χ3v) is 5.36. The third kappa shape index (κ3) is 3.76. The maximum atomic E-state index is 12.5. The van der Waals surface area contributed by atoms with Gasteiger partial charge in [0, 0.05) is 10.9 Å². The Morgan fingerprint density at radius 3 is 2.81 bits per heavy atom. The highest BCUT2D eigenvalue weighted by Gasteiger charge is 2.22. The van der Waals surface area contributed by atoms with Crippen LogP contribution in [0.25, 0.3) is 27.6 Å². The van der Waals surface area contributed by atoms with Gasteiger partial charge in [0.2, 0.25) is 0 Å². The molecule has 7 heteroatoms. The van der Waals surface area contributed by atoms with E-state index in [1.165, 1.54) is 6.92 Å². The first-order chi connectivity index (χ1) is 14.9. The van der Waals surface area contributed by atoms with E-state index in [-0.39, 0.29) is 23.6 Å². The molecule has 0 bridgehead atoms. The molecule has 0 fully saturated rings. The van der Waals surface area contributed by atoms with Gasteiger partial charge in [0.1, 0.15) is 17.2 Å². The number of H-pyrrole nitrogens is 1. The number of aromatic amines is 1. The predicted octanol–water partition coefficient (Wildman–Crippen LogP) is 4.89. The van der Waals surface area contributed by atoms with E-state index in [0.717, 1.165) is 27.6 Å². The van der Waals surface area contributed by atoms with Crippen molar-refractivity contribution in [2.24, 2.45) is 0 Å². The highest BCUT2D eigenvalue weighted by molar-refractivity contribution is 5.88. The minimum atomic E-state index is -1.02. The Morgan fingerprint density at radius 2 is 2.06 bits per heavy atom. The topological polar surface area (TPSA) is 112 Å². The lowest BCUT2D eigenvalue weighted by atomic mass is 10.0. The van der Waals surface area contributed by atoms with Gasteiger partial charge in [-0.1, -0.05) is 24.3 Å². The lowest BCUT2D eigenvalue weighted by Crippen LogP contribution is -2.19. The van der Waals surface area contributed by atoms with Crippen molar-refractivity contribution in [1.82, 2.24) is 9.97 Å². The van der Waals surface area contributed by atoms with Crippen molar-refractivity contribution in [1.29, 1.82) is 5.26 Å². The monoisotopic (exact) mass is 415 g/mol. The number of ether oxygens (including phenoxy) is 1. The first-order valence-corrected chi connectivity index (χ1v) is 9.83. The normalized spacial score (nSPS) is 13.1. The Balaban J connectivity index is 1.54. The average Bonchev–Trinajstić information content (AvgIpc) is 3.35. The molecule has 0 aliphatic heterocycles. The number of imidazole rings is 1. The van der Waals surface area contributed by atoms with Crippen LogP contribution in [-0.2, 0) is 16.0 Å². The van der Waals surface area contributed by atoms with Gasteiger partial charge in [-0.15, -0.1) is 0 Å². The van der Waals surface area contributed by atoms with Gasteiger partial charge in [0.15, 0.2) is 17.7 Å². The molecule has 2 heterocycles. The Morgan fingerprint density at radius 1 is 1.29 bits per heavy atom. The molecule has 0 aliphatic rings. The number of esters is 1. The minimum Gasteiger partial charge on any atom is -0.507 e. The first kappa shape index (κ1) is 20.2. The molecule has 0 aliphatic carbocycles. The molecule has 31 heavy (non-hydrogen) atoms. The summed E-state index contributed by atoms with van der Waals surface area (Å²) < 4.78 is 11.0. The van der Waals surface area contributed by atoms with Crippen LogP contribution in [0.3, 0.4) is 0 Å². The molecule has 2 N–H and O–H groups in total. The number of benzene rings is 2. The fraction of sp³-hybridized carbons (Fsp3) is 0.208. The molecule has 156 valence electrons. The van der Waals surface area contributed by atoms with Gasteiger partial charge in [-0.3, -0.25) is 4.79 Å². The number of aryl methyl sites for hydroxylation is 2. The number of nitrogens with one attached hydrogen (secondary N) is 1. The molecule has 0 spiro atoms. The van der Waals surface area contributed by atoms with Crippen LogP contribution < -0.4 is 0 Å². The molecule has 0 radical (unpaired) electrons. The lowest BCUT2D eigenvalue weighted by molar-refractivity contribution is -0.146. The molecule has 0 unspecified atom stereocenters. The van der Waals surface area contributed by atoms with Gasteiger partial charge < -0.3 is 19.2 Å². The van der Waals surface area contributed by atoms with Crippen molar-refractivity contribution < 1.29 is 19.1 Å². The van der Waals surface area contributed by atoms with Crippen LogP contribution in [-0.4, -0.2) is 27.1 Å². The van der Waals surface area contributed by atoms with Gasteiger partial charge in [-0.25, -0.2) is 4.98 Å². The Kier molecular flexibility index (Phi) is 5.22. The van der Waals surface area contributed by atoms with Crippen LogP contribution in [0.4, 0.5) is 0 Å². The molecule has 4 rings (SSSR count). The lowest BCUT2D eigenvalue weighted by Gasteiger charge is -2.13. The van der Waals surface area contributed by atoms with E-state index in [1.807, 2.05) is 50.2 Å². The molecule has 0 saturated heterocycles. The van der Waals surface area contributed by atoms with Crippen LogP contribution in [0.15, 0.2) is 52.8 Å². The molecular weight excluding hydrogens is 394 g/mol. The average molecular weight is 415 g/mol. The number of aliphatic hydroxyl groups is 1. The number of furan rings is 1. The standard InChI is InChI=1S/C24H21N3O4/c1-13-8-9-17-16(12-30-23(17)14(13)2)10-21(28)31-15(3)22(29)18(11-25)24-26-19-6-4-5-7-20(19)27-24/h4-9,12,15,29H,10H2,1-3H3,(H,26,27)/b22-18-/t15-/m1/s1. The molecule has 0 amide bonds. The van der Waals surface area contributed by atoms with E-state index < -0.39 is 12.1 Å². The second-order valence-electron chi connectivity index (χ2n) is 7.43. The molecule has 4 aromatic rings. The number of aromatic nitrogens is 2. The summed E-state index contributed by atoms with van der Waals surface area (Å²) in [5, 5.41) is 21.0. The molecule has 2 aromatic heterocycles. The summed E-state index contributed by atoms with van der Waals surface area (Å²) in [6.45, 7) is 5.47. The second kappa shape index (κ2) is 8.00. The fourth-order valence-corrected chi connectivity index (χ4v) is 3.48. The number of hydrogen-bond donors (Lipinski definition) is 2. The molecule has 2 aromatic carbocycles. The van der Waals surface area contributed by atoms with Gasteiger partial charge in [-0.05, 0) is 44.0 Å². The van der Waals surface area contributed by atoms with Gasteiger partial charge in [-0.2, -0.15) is 5.26 Å². The number of aliphatic hydroxyl groups excluding tert-OH is 1. The van der Waals surface area contributed by atoms with Crippen molar-refractivity contribution in [2.75, 3.05) is 0 Å². The zero-order valence-electron chi connectivity index (χ0n) is 17.4. The first-order valence-electron chi connectivity index (χ1n) is 9.83. The SMILES string of the molecule is Cc1ccc2c(CC(=O)O[C@H](C)/C(O)=C(\C#N)c3nc4ccccc4[nH]3)coc2c1C. The number of para-hydroxylation sites is 2. The summed E-state index contributed by atoms with van der Waals surface area (Å²) in [4.78, 5) is 19.8. The van der Waals surface area contributed by atoms with Gasteiger partial charge in [0.25, 0.3) is 0 Å². The molecular formula is C24H21N3O4. The number of carbonyl (C=O) groups excluding carboxylic acids is 1. The summed E-state index contributed by atoms with van der Waals surface area (Å²) in [5.74, 6) is -0.684. The maximum Gasteiger partial charge on any atom is 0.311 e. The van der Waals surface area contributed by atoms with Crippen LogP contribution in [0.2, 0.25) is 0 Å². The van der Waals surface area contributed by atoms with Crippen molar-refractivity contribution in [3.05, 3.63) is 70.9 Å². The van der Waals surface area contributed by atoms with E-state index >= 15 is 0 Å². The number of rotatable bonds is 5. The number of nitriles is 1. The van der Waals surface area contributed by atoms with Crippen LogP contribution in [0.1, 0.15) is 29.4 Å². The maximum absolute atomic E-state index is 12.5. The Bertz CT molecular complexity index is 1340. The number of allylic oxidation sites excluding steroid dienone is 1.